The van der Waals surface area contributed by atoms with Crippen LogP contribution < -0.4 is 16.0 Å². The van der Waals surface area contributed by atoms with Gasteiger partial charge in [-0.2, -0.15) is 0 Å². The van der Waals surface area contributed by atoms with Gasteiger partial charge in [-0.15, -0.1) is 11.3 Å². The summed E-state index contributed by atoms with van der Waals surface area (Å²) in [6, 6.07) is 12.4. The second kappa shape index (κ2) is 12.4. The Hall–Kier alpha value is -2.42. The first-order chi connectivity index (χ1) is 15.2. The van der Waals surface area contributed by atoms with E-state index in [-0.39, 0.29) is 18.5 Å². The molecule has 7 nitrogen and oxygen atoms in total. The fourth-order valence-electron chi connectivity index (χ4n) is 3.54. The van der Waals surface area contributed by atoms with E-state index in [0.29, 0.717) is 12.5 Å². The van der Waals surface area contributed by atoms with Crippen LogP contribution in [-0.4, -0.2) is 62.7 Å². The molecule has 0 bridgehead atoms. The van der Waals surface area contributed by atoms with Gasteiger partial charge >= 0.3 is 0 Å². The zero-order chi connectivity index (χ0) is 21.9. The number of guanidine groups is 1. The van der Waals surface area contributed by atoms with Crippen molar-refractivity contribution in [2.24, 2.45) is 4.99 Å². The van der Waals surface area contributed by atoms with Crippen molar-refractivity contribution < 1.29 is 9.53 Å². The molecule has 1 amide bonds. The van der Waals surface area contributed by atoms with Crippen LogP contribution in [0.1, 0.15) is 30.3 Å². The van der Waals surface area contributed by atoms with E-state index in [4.69, 9.17) is 4.74 Å². The molecule has 0 saturated carbocycles. The standard InChI is InChI=1S/C23H33N5O2S/c1-3-18-7-5-8-19(15-18)27-22(29)17-26-23(24-4-2)25-16-20(21-9-6-14-31-21)28-10-12-30-13-11-28/h5-9,14-15,20H,3-4,10-13,16-17H2,1-2H3,(H,27,29)(H2,24,25,26). The molecular formula is C23H33N5O2S. The lowest BCUT2D eigenvalue weighted by atomic mass is 10.1. The summed E-state index contributed by atoms with van der Waals surface area (Å²) < 4.78 is 5.52. The molecule has 1 unspecified atom stereocenters. The SMILES string of the molecule is CCNC(=NCC(=O)Nc1cccc(CC)c1)NCC(c1cccs1)N1CCOCC1. The third kappa shape index (κ3) is 7.34. The van der Waals surface area contributed by atoms with Gasteiger partial charge in [-0.25, -0.2) is 4.99 Å². The number of benzene rings is 1. The maximum absolute atomic E-state index is 12.4. The van der Waals surface area contributed by atoms with Crippen LogP contribution in [0.3, 0.4) is 0 Å². The van der Waals surface area contributed by atoms with Crippen LogP contribution in [0.15, 0.2) is 46.8 Å². The first-order valence-electron chi connectivity index (χ1n) is 11.0. The smallest absolute Gasteiger partial charge is 0.246 e. The fraction of sp³-hybridized carbons (Fsp3) is 0.478. The molecule has 3 rings (SSSR count). The number of nitrogens with one attached hydrogen (secondary N) is 3. The summed E-state index contributed by atoms with van der Waals surface area (Å²) in [7, 11) is 0. The highest BCUT2D eigenvalue weighted by Gasteiger charge is 2.23. The molecule has 0 aliphatic carbocycles. The number of nitrogens with zero attached hydrogens (tertiary/aromatic N) is 2. The van der Waals surface area contributed by atoms with Gasteiger partial charge in [0.15, 0.2) is 5.96 Å². The Morgan fingerprint density at radius 3 is 2.74 bits per heavy atom. The molecule has 2 aromatic rings. The lowest BCUT2D eigenvalue weighted by Gasteiger charge is -2.34. The van der Waals surface area contributed by atoms with E-state index in [2.05, 4.69) is 56.3 Å². The number of aryl methyl sites for hydroxylation is 1. The third-order valence-corrected chi connectivity index (χ3v) is 6.14. The average molecular weight is 444 g/mol. The predicted octanol–water partition coefficient (Wildman–Crippen LogP) is 2.88. The van der Waals surface area contributed by atoms with Crippen molar-refractivity contribution in [3.05, 3.63) is 52.2 Å². The monoisotopic (exact) mass is 443 g/mol. The van der Waals surface area contributed by atoms with Crippen LogP contribution in [0.5, 0.6) is 0 Å². The number of aliphatic imine (C=N–C) groups is 1. The molecular weight excluding hydrogens is 410 g/mol. The van der Waals surface area contributed by atoms with E-state index in [1.165, 1.54) is 10.4 Å². The van der Waals surface area contributed by atoms with Gasteiger partial charge in [0.2, 0.25) is 5.91 Å². The third-order valence-electron chi connectivity index (χ3n) is 5.16. The second-order valence-electron chi connectivity index (χ2n) is 7.36. The summed E-state index contributed by atoms with van der Waals surface area (Å²) in [5, 5.41) is 11.7. The zero-order valence-corrected chi connectivity index (χ0v) is 19.2. The largest absolute Gasteiger partial charge is 0.379 e. The Bertz CT molecular complexity index is 834. The van der Waals surface area contributed by atoms with Crippen molar-refractivity contribution in [1.29, 1.82) is 0 Å². The molecule has 31 heavy (non-hydrogen) atoms. The highest BCUT2D eigenvalue weighted by Crippen LogP contribution is 2.25. The lowest BCUT2D eigenvalue weighted by Crippen LogP contribution is -2.46. The maximum Gasteiger partial charge on any atom is 0.246 e. The van der Waals surface area contributed by atoms with Gasteiger partial charge in [0.25, 0.3) is 0 Å². The number of amides is 1. The summed E-state index contributed by atoms with van der Waals surface area (Å²) in [5.41, 5.74) is 2.00. The second-order valence-corrected chi connectivity index (χ2v) is 8.34. The van der Waals surface area contributed by atoms with Crippen LogP contribution in [-0.2, 0) is 16.0 Å². The minimum atomic E-state index is -0.131. The van der Waals surface area contributed by atoms with E-state index in [0.717, 1.165) is 45.0 Å². The molecule has 1 aliphatic heterocycles. The zero-order valence-electron chi connectivity index (χ0n) is 18.4. The number of thiophene rings is 1. The van der Waals surface area contributed by atoms with Crippen molar-refractivity contribution in [3.63, 3.8) is 0 Å². The molecule has 0 spiro atoms. The van der Waals surface area contributed by atoms with E-state index in [1.807, 2.05) is 25.1 Å². The highest BCUT2D eigenvalue weighted by molar-refractivity contribution is 7.10. The summed E-state index contributed by atoms with van der Waals surface area (Å²) >= 11 is 1.77. The lowest BCUT2D eigenvalue weighted by molar-refractivity contribution is -0.114. The van der Waals surface area contributed by atoms with Crippen molar-refractivity contribution in [2.45, 2.75) is 26.3 Å². The minimum absolute atomic E-state index is 0.0624. The van der Waals surface area contributed by atoms with Crippen molar-refractivity contribution >= 4 is 28.9 Å². The van der Waals surface area contributed by atoms with Crippen LogP contribution in [0.4, 0.5) is 5.69 Å². The van der Waals surface area contributed by atoms with E-state index < -0.39 is 0 Å². The summed E-state index contributed by atoms with van der Waals surface area (Å²) in [6.45, 7) is 8.97. The number of hydrogen-bond acceptors (Lipinski definition) is 5. The normalized spacial score (nSPS) is 16.0. The molecule has 168 valence electrons. The predicted molar refractivity (Wildman–Crippen MR) is 128 cm³/mol. The molecule has 0 radical (unpaired) electrons. The summed E-state index contributed by atoms with van der Waals surface area (Å²) in [4.78, 5) is 20.7. The van der Waals surface area contributed by atoms with Crippen LogP contribution in [0.2, 0.25) is 0 Å². The van der Waals surface area contributed by atoms with Crippen LogP contribution in [0.25, 0.3) is 0 Å². The van der Waals surface area contributed by atoms with Crippen molar-refractivity contribution in [1.82, 2.24) is 15.5 Å². The maximum atomic E-state index is 12.4. The fourth-order valence-corrected chi connectivity index (χ4v) is 4.40. The molecule has 1 aliphatic rings. The van der Waals surface area contributed by atoms with Gasteiger partial charge in [0.1, 0.15) is 6.54 Å². The number of carbonyl (C=O) groups is 1. The van der Waals surface area contributed by atoms with E-state index >= 15 is 0 Å². The van der Waals surface area contributed by atoms with Crippen LogP contribution in [0, 0.1) is 0 Å². The van der Waals surface area contributed by atoms with E-state index in [1.54, 1.807) is 11.3 Å². The Morgan fingerprint density at radius 2 is 2.03 bits per heavy atom. The van der Waals surface area contributed by atoms with Gasteiger partial charge in [-0.3, -0.25) is 9.69 Å². The van der Waals surface area contributed by atoms with Gasteiger partial charge in [-0.1, -0.05) is 25.1 Å². The van der Waals surface area contributed by atoms with Gasteiger partial charge < -0.3 is 20.7 Å². The minimum Gasteiger partial charge on any atom is -0.379 e. The number of rotatable bonds is 9. The Morgan fingerprint density at radius 1 is 1.19 bits per heavy atom. The number of hydrogen-bond donors (Lipinski definition) is 3. The first kappa shape index (κ1) is 23.2. The summed E-state index contributed by atoms with van der Waals surface area (Å²) in [6.07, 6.45) is 0.935. The molecule has 1 aromatic carbocycles. The molecule has 1 saturated heterocycles. The first-order valence-corrected chi connectivity index (χ1v) is 11.8. The van der Waals surface area contributed by atoms with Crippen molar-refractivity contribution in [3.8, 4) is 0 Å². The number of ether oxygens (including phenoxy) is 1. The Kier molecular flexibility index (Phi) is 9.33. The highest BCUT2D eigenvalue weighted by atomic mass is 32.1. The molecule has 3 N–H and O–H groups in total. The topological polar surface area (TPSA) is 78.0 Å². The molecule has 1 fully saturated rings. The summed E-state index contributed by atoms with van der Waals surface area (Å²) in [5.74, 6) is 0.517. The number of anilines is 1. The molecule has 1 atom stereocenters. The molecule has 1 aromatic heterocycles. The van der Waals surface area contributed by atoms with E-state index in [9.17, 15) is 4.79 Å². The van der Waals surface area contributed by atoms with Crippen molar-refractivity contribution in [2.75, 3.05) is 51.3 Å². The quantitative estimate of drug-likeness (QED) is 0.410. The number of carbonyl (C=O) groups excluding carboxylic acids is 1. The molecule has 2 heterocycles. The number of morpholine rings is 1. The Balaban J connectivity index is 1.59. The van der Waals surface area contributed by atoms with Gasteiger partial charge in [0.05, 0.1) is 19.3 Å². The van der Waals surface area contributed by atoms with Gasteiger partial charge in [0, 0.05) is 36.7 Å². The Labute approximate surface area is 188 Å². The van der Waals surface area contributed by atoms with Crippen LogP contribution >= 0.6 is 11.3 Å². The van der Waals surface area contributed by atoms with Gasteiger partial charge in [-0.05, 0) is 42.5 Å². The average Bonchev–Trinajstić information content (AvgIpc) is 3.33. The molecule has 8 heteroatoms.